The number of primary sulfonamides is 1. The van der Waals surface area contributed by atoms with E-state index < -0.39 is 38.8 Å². The third kappa shape index (κ3) is 6.23. The van der Waals surface area contributed by atoms with Gasteiger partial charge in [-0.1, -0.05) is 30.3 Å². The van der Waals surface area contributed by atoms with Crippen LogP contribution in [0.25, 0.3) is 0 Å². The van der Waals surface area contributed by atoms with Gasteiger partial charge < -0.3 is 10.0 Å². The molecule has 3 N–H and O–H groups in total. The smallest absolute Gasteiger partial charge is 0.392 e. The van der Waals surface area contributed by atoms with E-state index in [4.69, 9.17) is 27.7 Å². The van der Waals surface area contributed by atoms with Crippen LogP contribution in [0.3, 0.4) is 0 Å². The van der Waals surface area contributed by atoms with Gasteiger partial charge in [-0.3, -0.25) is 14.7 Å². The maximum absolute atomic E-state index is 13.4. The molecule has 0 saturated carbocycles. The van der Waals surface area contributed by atoms with Crippen molar-refractivity contribution in [3.05, 3.63) is 83.7 Å². The van der Waals surface area contributed by atoms with Crippen LogP contribution in [0.2, 0.25) is 0 Å². The van der Waals surface area contributed by atoms with Gasteiger partial charge in [-0.05, 0) is 55.9 Å². The molecule has 1 aromatic heterocycles. The Morgan fingerprint density at radius 3 is 2.26 bits per heavy atom. The van der Waals surface area contributed by atoms with Crippen LogP contribution in [0.15, 0.2) is 71.9 Å². The quantitative estimate of drug-likeness (QED) is 0.447. The van der Waals surface area contributed by atoms with Crippen LogP contribution in [-0.4, -0.2) is 35.1 Å². The molecule has 1 amide bonds. The Labute approximate surface area is 228 Å². The molecule has 0 bridgehead atoms. The van der Waals surface area contributed by atoms with Crippen molar-refractivity contribution in [2.75, 3.05) is 9.80 Å². The van der Waals surface area contributed by atoms with Crippen LogP contribution in [-0.2, 0) is 27.6 Å². The molecule has 0 spiro atoms. The highest BCUT2D eigenvalue weighted by molar-refractivity contribution is 7.89. The molecule has 1 fully saturated rings. The van der Waals surface area contributed by atoms with Gasteiger partial charge in [-0.25, -0.2) is 13.6 Å². The molecule has 1 aliphatic heterocycles. The maximum Gasteiger partial charge on any atom is 0.417 e. The lowest BCUT2D eigenvalue weighted by Crippen LogP contribution is -2.44. The first-order valence-corrected chi connectivity index (χ1v) is 13.0. The first-order valence-electron chi connectivity index (χ1n) is 11.1. The highest BCUT2D eigenvalue weighted by atomic mass is 32.2. The minimum Gasteiger partial charge on any atom is -0.392 e. The van der Waals surface area contributed by atoms with Crippen LogP contribution in [0.4, 0.5) is 24.5 Å². The van der Waals surface area contributed by atoms with E-state index in [2.05, 4.69) is 4.98 Å². The summed E-state index contributed by atoms with van der Waals surface area (Å²) in [4.78, 5) is 18.8. The number of nitriles is 1. The Morgan fingerprint density at radius 1 is 1.10 bits per heavy atom. The summed E-state index contributed by atoms with van der Waals surface area (Å²) < 4.78 is 63.4. The molecule has 4 rings (SSSR count). The fourth-order valence-corrected chi connectivity index (χ4v) is 4.74. The van der Waals surface area contributed by atoms with Crippen molar-refractivity contribution < 1.29 is 31.5 Å². The number of thiocarbonyl (C=S) groups is 1. The summed E-state index contributed by atoms with van der Waals surface area (Å²) in [5.74, 6) is -0.656. The lowest BCUT2D eigenvalue weighted by Gasteiger charge is -2.29. The summed E-state index contributed by atoms with van der Waals surface area (Å²) in [7, 11) is -4.11. The molecule has 9 nitrogen and oxygen atoms in total. The molecular weight excluding hydrogens is 555 g/mol. The molecule has 3 aromatic rings. The second kappa shape index (κ2) is 11.1. The Hall–Kier alpha value is -3.90. The number of anilines is 2. The van der Waals surface area contributed by atoms with Crippen molar-refractivity contribution >= 4 is 44.6 Å². The molecule has 0 aliphatic carbocycles. The van der Waals surface area contributed by atoms with Crippen LogP contribution >= 0.6 is 12.2 Å². The fourth-order valence-electron chi connectivity index (χ4n) is 3.73. The number of benzene rings is 2. The van der Waals surface area contributed by atoms with Crippen LogP contribution < -0.4 is 14.9 Å². The minimum absolute atomic E-state index is 0.113. The van der Waals surface area contributed by atoms with Crippen molar-refractivity contribution in [1.29, 1.82) is 5.26 Å². The number of alkyl halides is 3. The van der Waals surface area contributed by atoms with Gasteiger partial charge in [0.15, 0.2) is 5.11 Å². The highest BCUT2D eigenvalue weighted by Crippen LogP contribution is 2.39. The van der Waals surface area contributed by atoms with Gasteiger partial charge in [-0.2, -0.15) is 18.4 Å². The lowest BCUT2D eigenvalue weighted by atomic mass is 10.0. The van der Waals surface area contributed by atoms with Crippen molar-refractivity contribution in [1.82, 2.24) is 4.98 Å². The molecule has 14 heteroatoms. The zero-order valence-corrected chi connectivity index (χ0v) is 22.2. The summed E-state index contributed by atoms with van der Waals surface area (Å²) in [6, 6.07) is 15.0. The van der Waals surface area contributed by atoms with Gasteiger partial charge in [0, 0.05) is 6.20 Å². The van der Waals surface area contributed by atoms with Gasteiger partial charge in [0.2, 0.25) is 10.0 Å². The molecule has 39 heavy (non-hydrogen) atoms. The van der Waals surface area contributed by atoms with Crippen molar-refractivity contribution in [2.24, 2.45) is 5.14 Å². The SMILES string of the molecule is CC1(C)C(=O)N(c2ccc(C#N)c(C(F)(F)F)c2)C(=S)N1c1cncc(S(N)(=O)=O)c1.OCc1ccccc1. The van der Waals surface area contributed by atoms with Gasteiger partial charge in [0.05, 0.1) is 41.4 Å². The van der Waals surface area contributed by atoms with E-state index in [0.717, 1.165) is 28.8 Å². The van der Waals surface area contributed by atoms with Crippen molar-refractivity contribution in [2.45, 2.75) is 37.1 Å². The zero-order valence-electron chi connectivity index (χ0n) is 20.5. The normalized spacial score (nSPS) is 15.0. The number of aliphatic hydroxyl groups is 1. The topological polar surface area (TPSA) is 141 Å². The number of rotatable bonds is 4. The number of carbonyl (C=O) groups excluding carboxylic acids is 1. The standard InChI is InChI=1S/C18H14F3N5O3S2.C7H8O/c1-17(2)15(27)25(11-4-3-10(7-22)14(6-11)18(19,20)21)16(30)26(17)12-5-13(9-24-8-12)31(23,28)29;8-6-7-4-2-1-3-5-7/h3-6,8-9H,1-2H3,(H2,23,28,29);1-5,8H,6H2. The highest BCUT2D eigenvalue weighted by Gasteiger charge is 2.51. The summed E-state index contributed by atoms with van der Waals surface area (Å²) in [6.07, 6.45) is -2.56. The van der Waals surface area contributed by atoms with Gasteiger partial charge in [0.1, 0.15) is 10.4 Å². The molecule has 0 unspecified atom stereocenters. The van der Waals surface area contributed by atoms with E-state index in [0.29, 0.717) is 6.07 Å². The largest absolute Gasteiger partial charge is 0.417 e. The fraction of sp³-hybridized carbons (Fsp3) is 0.200. The first kappa shape index (κ1) is 29.7. The number of carbonyl (C=O) groups is 1. The van der Waals surface area contributed by atoms with Crippen LogP contribution in [0.1, 0.15) is 30.5 Å². The Kier molecular flexibility index (Phi) is 8.42. The zero-order chi connectivity index (χ0) is 29.2. The molecule has 1 saturated heterocycles. The summed E-state index contributed by atoms with van der Waals surface area (Å²) in [5, 5.41) is 22.4. The van der Waals surface area contributed by atoms with E-state index in [1.807, 2.05) is 30.3 Å². The van der Waals surface area contributed by atoms with Gasteiger partial charge >= 0.3 is 6.18 Å². The predicted octanol–water partition coefficient (Wildman–Crippen LogP) is 3.72. The van der Waals surface area contributed by atoms with Crippen molar-refractivity contribution in [3.8, 4) is 6.07 Å². The molecule has 0 radical (unpaired) electrons. The summed E-state index contributed by atoms with van der Waals surface area (Å²) in [5.41, 5.74) is -2.31. The van der Waals surface area contributed by atoms with Gasteiger partial charge in [-0.15, -0.1) is 0 Å². The number of aromatic nitrogens is 1. The monoisotopic (exact) mass is 577 g/mol. The first-order chi connectivity index (χ1) is 18.1. The third-order valence-electron chi connectivity index (χ3n) is 5.67. The Bertz CT molecular complexity index is 1560. The molecular formula is C25H22F3N5O4S2. The van der Waals surface area contributed by atoms with E-state index in [9.17, 15) is 26.4 Å². The molecule has 2 aromatic carbocycles. The van der Waals surface area contributed by atoms with Crippen molar-refractivity contribution in [3.63, 3.8) is 0 Å². The average molecular weight is 578 g/mol. The number of sulfonamides is 1. The number of nitrogens with zero attached hydrogens (tertiary/aromatic N) is 4. The molecule has 0 atom stereocenters. The van der Waals surface area contributed by atoms with E-state index in [-0.39, 0.29) is 28.0 Å². The Balaban J connectivity index is 0.000000449. The predicted molar refractivity (Wildman–Crippen MR) is 141 cm³/mol. The number of halogens is 3. The Morgan fingerprint density at radius 2 is 1.74 bits per heavy atom. The van der Waals surface area contributed by atoms with E-state index >= 15 is 0 Å². The average Bonchev–Trinajstić information content (AvgIpc) is 3.06. The third-order valence-corrected chi connectivity index (χ3v) is 6.91. The number of hydrogen-bond donors (Lipinski definition) is 2. The number of pyridine rings is 1. The summed E-state index contributed by atoms with van der Waals surface area (Å²) in [6.45, 7) is 3.08. The number of aliphatic hydroxyl groups excluding tert-OH is 1. The molecule has 204 valence electrons. The van der Waals surface area contributed by atoms with Crippen LogP contribution in [0, 0.1) is 11.3 Å². The number of hydrogen-bond acceptors (Lipinski definition) is 7. The van der Waals surface area contributed by atoms with E-state index in [1.165, 1.54) is 37.1 Å². The maximum atomic E-state index is 13.4. The molecule has 1 aliphatic rings. The lowest BCUT2D eigenvalue weighted by molar-refractivity contribution is -0.137. The number of nitrogens with two attached hydrogens (primary N) is 1. The van der Waals surface area contributed by atoms with E-state index in [1.54, 1.807) is 0 Å². The van der Waals surface area contributed by atoms with Crippen LogP contribution in [0.5, 0.6) is 0 Å². The van der Waals surface area contributed by atoms with Gasteiger partial charge in [0.25, 0.3) is 5.91 Å². The second-order valence-electron chi connectivity index (χ2n) is 8.72. The number of amides is 1. The molecule has 2 heterocycles. The minimum atomic E-state index is -4.82. The summed E-state index contributed by atoms with van der Waals surface area (Å²) >= 11 is 5.36. The second-order valence-corrected chi connectivity index (χ2v) is 10.7.